The molecule has 3 rings (SSSR count). The molecule has 0 aliphatic heterocycles. The Balaban J connectivity index is 1.89. The van der Waals surface area contributed by atoms with Gasteiger partial charge in [0, 0.05) is 25.6 Å². The Morgan fingerprint density at radius 3 is 2.16 bits per heavy atom. The molecule has 1 N–H and O–H groups in total. The highest BCUT2D eigenvalue weighted by Gasteiger charge is 2.38. The summed E-state index contributed by atoms with van der Waals surface area (Å²) in [5.74, 6) is 0.0117. The van der Waals surface area contributed by atoms with Crippen LogP contribution in [0, 0.1) is 17.3 Å². The van der Waals surface area contributed by atoms with Crippen molar-refractivity contribution in [3.63, 3.8) is 0 Å². The number of aliphatic carboxylic acids is 1. The number of halogens is 3. The first-order valence-electron chi connectivity index (χ1n) is 12.1. The molecule has 1 aromatic carbocycles. The number of hydrogen-bond acceptors (Lipinski definition) is 2. The van der Waals surface area contributed by atoms with Crippen LogP contribution in [0.2, 0.25) is 0 Å². The zero-order valence-corrected chi connectivity index (χ0v) is 19.6. The van der Waals surface area contributed by atoms with Crippen LogP contribution >= 0.6 is 0 Å². The van der Waals surface area contributed by atoms with Crippen molar-refractivity contribution < 1.29 is 23.1 Å². The van der Waals surface area contributed by atoms with Gasteiger partial charge in [-0.15, -0.1) is 0 Å². The van der Waals surface area contributed by atoms with E-state index in [4.69, 9.17) is 0 Å². The second-order valence-electron chi connectivity index (χ2n) is 11.2. The van der Waals surface area contributed by atoms with E-state index < -0.39 is 17.7 Å². The average molecular weight is 454 g/mol. The predicted octanol–water partition coefficient (Wildman–Crippen LogP) is 6.97. The number of alkyl halides is 3. The molecule has 2 fully saturated rings. The maximum absolute atomic E-state index is 13.1. The fraction of sp³-hybridized carbons (Fsp3) is 0.731. The van der Waals surface area contributed by atoms with E-state index in [-0.39, 0.29) is 29.7 Å². The van der Waals surface area contributed by atoms with Crippen LogP contribution in [0.3, 0.4) is 0 Å². The number of hydrogen-bond donors (Lipinski definition) is 1. The lowest BCUT2D eigenvalue weighted by molar-refractivity contribution is -0.139. The van der Waals surface area contributed by atoms with Gasteiger partial charge in [-0.05, 0) is 73.0 Å². The van der Waals surface area contributed by atoms with Crippen molar-refractivity contribution in [3.05, 3.63) is 35.4 Å². The molecule has 0 saturated heterocycles. The number of benzene rings is 1. The molecule has 0 amide bonds. The van der Waals surface area contributed by atoms with Crippen LogP contribution in [0.15, 0.2) is 24.3 Å². The molecule has 0 heterocycles. The highest BCUT2D eigenvalue weighted by Crippen LogP contribution is 2.43. The van der Waals surface area contributed by atoms with Crippen molar-refractivity contribution in [1.82, 2.24) is 4.90 Å². The van der Waals surface area contributed by atoms with Gasteiger partial charge in [-0.1, -0.05) is 45.7 Å². The summed E-state index contributed by atoms with van der Waals surface area (Å²) in [5.41, 5.74) is 0.387. The Bertz CT molecular complexity index is 748. The number of carboxylic acid groups (broad SMARTS) is 1. The predicted molar refractivity (Wildman–Crippen MR) is 121 cm³/mol. The third kappa shape index (κ3) is 6.97. The van der Waals surface area contributed by atoms with E-state index >= 15 is 0 Å². The SMILES string of the molecule is CC(C)(C)CN(CC1CCCC1)C1CCC(CC(=O)O)CC1c1ccc(C(F)(F)F)cc1. The summed E-state index contributed by atoms with van der Waals surface area (Å²) in [6, 6.07) is 5.83. The first kappa shape index (κ1) is 25.1. The zero-order valence-electron chi connectivity index (χ0n) is 19.6. The fourth-order valence-electron chi connectivity index (χ4n) is 5.84. The third-order valence-electron chi connectivity index (χ3n) is 7.17. The Morgan fingerprint density at radius 2 is 1.62 bits per heavy atom. The lowest BCUT2D eigenvalue weighted by Gasteiger charge is -2.45. The Labute approximate surface area is 190 Å². The first-order valence-corrected chi connectivity index (χ1v) is 12.1. The maximum atomic E-state index is 13.1. The molecule has 1 aromatic rings. The minimum Gasteiger partial charge on any atom is -0.481 e. The Morgan fingerprint density at radius 1 is 1.00 bits per heavy atom. The van der Waals surface area contributed by atoms with E-state index in [2.05, 4.69) is 25.7 Å². The molecule has 2 aliphatic rings. The largest absolute Gasteiger partial charge is 0.481 e. The molecule has 6 heteroatoms. The normalized spacial score (nSPS) is 25.4. The summed E-state index contributed by atoms with van der Waals surface area (Å²) in [6.07, 6.45) is 3.31. The summed E-state index contributed by atoms with van der Waals surface area (Å²) >= 11 is 0. The van der Waals surface area contributed by atoms with Gasteiger partial charge in [0.15, 0.2) is 0 Å². The van der Waals surface area contributed by atoms with Gasteiger partial charge in [-0.3, -0.25) is 9.69 Å². The maximum Gasteiger partial charge on any atom is 0.416 e. The highest BCUT2D eigenvalue weighted by atomic mass is 19.4. The molecule has 0 bridgehead atoms. The molecule has 3 nitrogen and oxygen atoms in total. The second kappa shape index (κ2) is 10.1. The number of carboxylic acids is 1. The van der Waals surface area contributed by atoms with Gasteiger partial charge in [-0.2, -0.15) is 13.2 Å². The van der Waals surface area contributed by atoms with Crippen LogP contribution in [0.25, 0.3) is 0 Å². The van der Waals surface area contributed by atoms with Crippen LogP contribution < -0.4 is 0 Å². The topological polar surface area (TPSA) is 40.5 Å². The fourth-order valence-corrected chi connectivity index (χ4v) is 5.84. The zero-order chi connectivity index (χ0) is 23.5. The van der Waals surface area contributed by atoms with Crippen molar-refractivity contribution in [2.45, 2.75) is 90.3 Å². The number of nitrogens with zero attached hydrogens (tertiary/aromatic N) is 1. The molecule has 3 atom stereocenters. The van der Waals surface area contributed by atoms with Gasteiger partial charge < -0.3 is 5.11 Å². The summed E-state index contributed by atoms with van der Waals surface area (Å²) in [6.45, 7) is 8.67. The van der Waals surface area contributed by atoms with Gasteiger partial charge >= 0.3 is 12.1 Å². The second-order valence-corrected chi connectivity index (χ2v) is 11.2. The third-order valence-corrected chi connectivity index (χ3v) is 7.17. The lowest BCUT2D eigenvalue weighted by Crippen LogP contribution is -2.48. The van der Waals surface area contributed by atoms with Crippen LogP contribution in [-0.4, -0.2) is 35.1 Å². The summed E-state index contributed by atoms with van der Waals surface area (Å²) in [4.78, 5) is 14.0. The quantitative estimate of drug-likeness (QED) is 0.485. The minimum atomic E-state index is -4.35. The molecule has 0 spiro atoms. The van der Waals surface area contributed by atoms with Crippen molar-refractivity contribution in [2.75, 3.05) is 13.1 Å². The van der Waals surface area contributed by atoms with Crippen molar-refractivity contribution in [1.29, 1.82) is 0 Å². The molecular weight excluding hydrogens is 415 g/mol. The Kier molecular flexibility index (Phi) is 7.95. The molecule has 2 aliphatic carbocycles. The Hall–Kier alpha value is -1.56. The van der Waals surface area contributed by atoms with Gasteiger partial charge in [0.25, 0.3) is 0 Å². The molecule has 180 valence electrons. The van der Waals surface area contributed by atoms with E-state index in [0.29, 0.717) is 12.3 Å². The molecule has 32 heavy (non-hydrogen) atoms. The molecule has 0 radical (unpaired) electrons. The summed E-state index contributed by atoms with van der Waals surface area (Å²) in [5, 5.41) is 9.33. The summed E-state index contributed by atoms with van der Waals surface area (Å²) in [7, 11) is 0. The van der Waals surface area contributed by atoms with Gasteiger partial charge in [-0.25, -0.2) is 0 Å². The van der Waals surface area contributed by atoms with E-state index in [9.17, 15) is 23.1 Å². The molecular formula is C26H38F3NO2. The smallest absolute Gasteiger partial charge is 0.416 e. The van der Waals surface area contributed by atoms with E-state index in [1.54, 1.807) is 12.1 Å². The van der Waals surface area contributed by atoms with E-state index in [1.165, 1.54) is 37.8 Å². The van der Waals surface area contributed by atoms with Crippen molar-refractivity contribution in [2.24, 2.45) is 17.3 Å². The average Bonchev–Trinajstić information content (AvgIpc) is 3.18. The molecule has 0 aromatic heterocycles. The summed E-state index contributed by atoms with van der Waals surface area (Å²) < 4.78 is 39.3. The van der Waals surface area contributed by atoms with Crippen LogP contribution in [0.4, 0.5) is 13.2 Å². The molecule has 2 saturated carbocycles. The van der Waals surface area contributed by atoms with Crippen molar-refractivity contribution in [3.8, 4) is 0 Å². The van der Waals surface area contributed by atoms with Crippen LogP contribution in [-0.2, 0) is 11.0 Å². The van der Waals surface area contributed by atoms with E-state index in [1.807, 2.05) is 0 Å². The molecule has 3 unspecified atom stereocenters. The number of rotatable bonds is 7. The van der Waals surface area contributed by atoms with Gasteiger partial charge in [0.2, 0.25) is 0 Å². The minimum absolute atomic E-state index is 0.0548. The standard InChI is InChI=1S/C26H38F3NO2/c1-25(2,3)17-30(16-18-6-4-5-7-18)23-13-8-19(15-24(31)32)14-22(23)20-9-11-21(12-10-20)26(27,28)29/h9-12,18-19,22-23H,4-8,13-17H2,1-3H3,(H,31,32). The van der Waals surface area contributed by atoms with Crippen LogP contribution in [0.5, 0.6) is 0 Å². The first-order chi connectivity index (χ1) is 14.9. The number of carbonyl (C=O) groups is 1. The monoisotopic (exact) mass is 453 g/mol. The van der Waals surface area contributed by atoms with Crippen molar-refractivity contribution >= 4 is 5.97 Å². The van der Waals surface area contributed by atoms with Crippen LogP contribution in [0.1, 0.15) is 89.2 Å². The van der Waals surface area contributed by atoms with Gasteiger partial charge in [0.1, 0.15) is 0 Å². The van der Waals surface area contributed by atoms with E-state index in [0.717, 1.165) is 31.5 Å². The lowest BCUT2D eigenvalue weighted by atomic mass is 9.72. The highest BCUT2D eigenvalue weighted by molar-refractivity contribution is 5.67. The van der Waals surface area contributed by atoms with Gasteiger partial charge in [0.05, 0.1) is 5.56 Å².